The lowest BCUT2D eigenvalue weighted by molar-refractivity contribution is 0.0697. The molecule has 0 unspecified atom stereocenters. The van der Waals surface area contributed by atoms with Crippen LogP contribution in [0.1, 0.15) is 55.8 Å². The summed E-state index contributed by atoms with van der Waals surface area (Å²) in [7, 11) is 0. The maximum Gasteiger partial charge on any atom is 0.338 e. The van der Waals surface area contributed by atoms with E-state index in [9.17, 15) is 4.79 Å². The molecular formula is C12H20N2O2. The molecule has 0 fully saturated rings. The Hall–Kier alpha value is -1.32. The van der Waals surface area contributed by atoms with E-state index in [-0.39, 0.29) is 5.56 Å². The maximum absolute atomic E-state index is 10.6. The number of aromatic carboxylic acids is 1. The second-order valence-corrected chi connectivity index (χ2v) is 4.07. The topological polar surface area (TPSA) is 55.1 Å². The van der Waals surface area contributed by atoms with Crippen molar-refractivity contribution < 1.29 is 9.90 Å². The fraction of sp³-hybridized carbons (Fsp3) is 0.667. The minimum atomic E-state index is -0.908. The minimum absolute atomic E-state index is 0.269. The van der Waals surface area contributed by atoms with E-state index in [1.54, 1.807) is 10.9 Å². The first kappa shape index (κ1) is 12.7. The Labute approximate surface area is 96.3 Å². The molecule has 4 nitrogen and oxygen atoms in total. The molecule has 0 aliphatic rings. The number of rotatable bonds is 8. The summed E-state index contributed by atoms with van der Waals surface area (Å²) in [5.41, 5.74) is 0.269. The fourth-order valence-corrected chi connectivity index (χ4v) is 1.65. The summed E-state index contributed by atoms with van der Waals surface area (Å²) in [4.78, 5) is 10.6. The van der Waals surface area contributed by atoms with Crippen LogP contribution in [0.5, 0.6) is 0 Å². The monoisotopic (exact) mass is 224 g/mol. The zero-order chi connectivity index (χ0) is 11.8. The minimum Gasteiger partial charge on any atom is -0.478 e. The van der Waals surface area contributed by atoms with Gasteiger partial charge >= 0.3 is 5.97 Å². The number of nitrogens with zero attached hydrogens (tertiary/aromatic N) is 2. The highest BCUT2D eigenvalue weighted by atomic mass is 16.4. The lowest BCUT2D eigenvalue weighted by Gasteiger charge is -2.01. The first-order valence-electron chi connectivity index (χ1n) is 5.99. The summed E-state index contributed by atoms with van der Waals surface area (Å²) in [5, 5.41) is 12.7. The third kappa shape index (κ3) is 4.47. The highest BCUT2D eigenvalue weighted by Crippen LogP contribution is 2.06. The Morgan fingerprint density at radius 1 is 1.31 bits per heavy atom. The Morgan fingerprint density at radius 3 is 2.62 bits per heavy atom. The Kier molecular flexibility index (Phi) is 5.61. The van der Waals surface area contributed by atoms with E-state index in [0.717, 1.165) is 13.0 Å². The quantitative estimate of drug-likeness (QED) is 0.691. The molecule has 16 heavy (non-hydrogen) atoms. The number of hydrogen-bond donors (Lipinski definition) is 1. The molecule has 1 aromatic rings. The number of carboxylic acid groups (broad SMARTS) is 1. The van der Waals surface area contributed by atoms with Gasteiger partial charge in [0.25, 0.3) is 0 Å². The maximum atomic E-state index is 10.6. The van der Waals surface area contributed by atoms with Gasteiger partial charge in [0.1, 0.15) is 0 Å². The second kappa shape index (κ2) is 7.04. The Balaban J connectivity index is 2.14. The van der Waals surface area contributed by atoms with Gasteiger partial charge in [-0.15, -0.1) is 0 Å². The van der Waals surface area contributed by atoms with Crippen LogP contribution >= 0.6 is 0 Å². The number of unbranched alkanes of at least 4 members (excludes halogenated alkanes) is 5. The van der Waals surface area contributed by atoms with Crippen molar-refractivity contribution in [2.24, 2.45) is 0 Å². The van der Waals surface area contributed by atoms with E-state index in [1.807, 2.05) is 0 Å². The summed E-state index contributed by atoms with van der Waals surface area (Å²) >= 11 is 0. The van der Waals surface area contributed by atoms with E-state index in [2.05, 4.69) is 12.0 Å². The van der Waals surface area contributed by atoms with Gasteiger partial charge in [-0.05, 0) is 6.42 Å². The van der Waals surface area contributed by atoms with Crippen LogP contribution in [0.2, 0.25) is 0 Å². The third-order valence-electron chi connectivity index (χ3n) is 2.62. The molecule has 0 radical (unpaired) electrons. The van der Waals surface area contributed by atoms with Gasteiger partial charge in [0.2, 0.25) is 0 Å². The molecule has 0 spiro atoms. The van der Waals surface area contributed by atoms with E-state index in [4.69, 9.17) is 5.11 Å². The molecule has 0 saturated carbocycles. The van der Waals surface area contributed by atoms with Crippen LogP contribution in [-0.4, -0.2) is 20.9 Å². The van der Waals surface area contributed by atoms with Crippen molar-refractivity contribution in [2.45, 2.75) is 52.0 Å². The summed E-state index contributed by atoms with van der Waals surface area (Å²) in [5.74, 6) is -0.908. The lowest BCUT2D eigenvalue weighted by Crippen LogP contribution is -1.99. The van der Waals surface area contributed by atoms with Crippen molar-refractivity contribution in [3.05, 3.63) is 18.0 Å². The first-order valence-corrected chi connectivity index (χ1v) is 5.99. The van der Waals surface area contributed by atoms with Gasteiger partial charge in [0, 0.05) is 12.7 Å². The predicted octanol–water partition coefficient (Wildman–Crippen LogP) is 2.94. The van der Waals surface area contributed by atoms with Gasteiger partial charge in [-0.1, -0.05) is 39.0 Å². The molecule has 0 aliphatic heterocycles. The molecule has 1 aromatic heterocycles. The molecule has 0 atom stereocenters. The van der Waals surface area contributed by atoms with Crippen molar-refractivity contribution in [3.8, 4) is 0 Å². The van der Waals surface area contributed by atoms with Crippen molar-refractivity contribution in [2.75, 3.05) is 0 Å². The predicted molar refractivity (Wildman–Crippen MR) is 62.6 cm³/mol. The first-order chi connectivity index (χ1) is 7.74. The van der Waals surface area contributed by atoms with E-state index in [0.29, 0.717) is 0 Å². The lowest BCUT2D eigenvalue weighted by atomic mass is 10.1. The molecule has 0 aliphatic carbocycles. The van der Waals surface area contributed by atoms with Crippen LogP contribution < -0.4 is 0 Å². The zero-order valence-corrected chi connectivity index (χ0v) is 9.85. The van der Waals surface area contributed by atoms with Crippen LogP contribution in [0, 0.1) is 0 Å². The van der Waals surface area contributed by atoms with Gasteiger partial charge in [-0.25, -0.2) is 4.79 Å². The molecule has 1 N–H and O–H groups in total. The van der Waals surface area contributed by atoms with Crippen molar-refractivity contribution in [1.29, 1.82) is 0 Å². The summed E-state index contributed by atoms with van der Waals surface area (Å²) in [6, 6.07) is 0. The molecule has 0 bridgehead atoms. The van der Waals surface area contributed by atoms with Gasteiger partial charge < -0.3 is 5.11 Å². The summed E-state index contributed by atoms with van der Waals surface area (Å²) in [6.07, 6.45) is 10.4. The van der Waals surface area contributed by atoms with Crippen LogP contribution in [-0.2, 0) is 6.54 Å². The average molecular weight is 224 g/mol. The molecule has 0 saturated heterocycles. The molecule has 1 rings (SSSR count). The molecule has 90 valence electrons. The highest BCUT2D eigenvalue weighted by molar-refractivity contribution is 5.86. The van der Waals surface area contributed by atoms with Crippen molar-refractivity contribution >= 4 is 5.97 Å². The van der Waals surface area contributed by atoms with Crippen LogP contribution in [0.25, 0.3) is 0 Å². The number of aromatic nitrogens is 2. The Bertz CT molecular complexity index is 321. The standard InChI is InChI=1S/C12H20N2O2/c1-2-3-4-5-6-7-8-14-10-11(9-13-14)12(15)16/h9-10H,2-8H2,1H3,(H,15,16). The van der Waals surface area contributed by atoms with Crippen LogP contribution in [0.3, 0.4) is 0 Å². The highest BCUT2D eigenvalue weighted by Gasteiger charge is 2.04. The summed E-state index contributed by atoms with van der Waals surface area (Å²) < 4.78 is 1.71. The molecule has 4 heteroatoms. The second-order valence-electron chi connectivity index (χ2n) is 4.07. The fourth-order valence-electron chi connectivity index (χ4n) is 1.65. The SMILES string of the molecule is CCCCCCCCn1cc(C(=O)O)cn1. The van der Waals surface area contributed by atoms with E-state index >= 15 is 0 Å². The van der Waals surface area contributed by atoms with Gasteiger partial charge in [-0.3, -0.25) is 4.68 Å². The van der Waals surface area contributed by atoms with Crippen LogP contribution in [0.4, 0.5) is 0 Å². The Morgan fingerprint density at radius 2 is 2.00 bits per heavy atom. The number of aryl methyl sites for hydroxylation is 1. The van der Waals surface area contributed by atoms with Gasteiger partial charge in [-0.2, -0.15) is 5.10 Å². The summed E-state index contributed by atoms with van der Waals surface area (Å²) in [6.45, 7) is 3.02. The van der Waals surface area contributed by atoms with Crippen LogP contribution in [0.15, 0.2) is 12.4 Å². The molecule has 0 aromatic carbocycles. The van der Waals surface area contributed by atoms with Crippen molar-refractivity contribution in [3.63, 3.8) is 0 Å². The molecular weight excluding hydrogens is 204 g/mol. The zero-order valence-electron chi connectivity index (χ0n) is 9.85. The average Bonchev–Trinajstić information content (AvgIpc) is 2.72. The smallest absolute Gasteiger partial charge is 0.338 e. The number of hydrogen-bond acceptors (Lipinski definition) is 2. The van der Waals surface area contributed by atoms with Gasteiger partial charge in [0.15, 0.2) is 0 Å². The van der Waals surface area contributed by atoms with E-state index in [1.165, 1.54) is 38.3 Å². The number of carbonyl (C=O) groups is 1. The number of carboxylic acids is 1. The largest absolute Gasteiger partial charge is 0.478 e. The molecule has 0 amide bonds. The molecule has 1 heterocycles. The van der Waals surface area contributed by atoms with Crippen molar-refractivity contribution in [1.82, 2.24) is 9.78 Å². The normalized spacial score (nSPS) is 10.6. The third-order valence-corrected chi connectivity index (χ3v) is 2.62. The van der Waals surface area contributed by atoms with Gasteiger partial charge in [0.05, 0.1) is 11.8 Å². The van der Waals surface area contributed by atoms with E-state index < -0.39 is 5.97 Å².